The average molecular weight is 363 g/mol. The number of nitrogens with one attached hydrogen (secondary N) is 2. The molecule has 132 valence electrons. The zero-order chi connectivity index (χ0) is 17.0. The molecule has 0 aromatic heterocycles. The van der Waals surface area contributed by atoms with Crippen LogP contribution in [0.3, 0.4) is 0 Å². The molecule has 0 aliphatic carbocycles. The van der Waals surface area contributed by atoms with Crippen LogP contribution in [0.4, 0.5) is 13.6 Å². The van der Waals surface area contributed by atoms with Gasteiger partial charge in [-0.25, -0.2) is 13.6 Å². The summed E-state index contributed by atoms with van der Waals surface area (Å²) in [4.78, 5) is 35.7. The van der Waals surface area contributed by atoms with E-state index in [0.717, 1.165) is 4.90 Å². The van der Waals surface area contributed by atoms with E-state index < -0.39 is 31.0 Å². The fraction of sp³-hybridized carbons (Fsp3) is 0.357. The average Bonchev–Trinajstić information content (AvgIpc) is 2.85. The van der Waals surface area contributed by atoms with Crippen molar-refractivity contribution in [3.63, 3.8) is 0 Å². The van der Waals surface area contributed by atoms with E-state index in [1.807, 2.05) is 0 Å². The molecule has 0 bridgehead atoms. The van der Waals surface area contributed by atoms with Crippen molar-refractivity contribution in [1.82, 2.24) is 15.5 Å². The predicted octanol–water partition coefficient (Wildman–Crippen LogP) is 0.484. The summed E-state index contributed by atoms with van der Waals surface area (Å²) in [5.41, 5.74) is 5.72. The highest BCUT2D eigenvalue weighted by atomic mass is 35.5. The molecule has 10 heteroatoms. The molecule has 1 aromatic carbocycles. The zero-order valence-electron chi connectivity index (χ0n) is 12.6. The van der Waals surface area contributed by atoms with Crippen molar-refractivity contribution in [2.75, 3.05) is 19.6 Å². The van der Waals surface area contributed by atoms with Crippen LogP contribution in [-0.2, 0) is 11.3 Å². The number of carbonyl (C=O) groups excluding carboxylic acids is 3. The van der Waals surface area contributed by atoms with Gasteiger partial charge in [-0.1, -0.05) is 12.1 Å². The van der Waals surface area contributed by atoms with E-state index in [0.29, 0.717) is 5.56 Å². The first kappa shape index (κ1) is 19.8. The molecule has 1 aromatic rings. The Balaban J connectivity index is 0.00000288. The lowest BCUT2D eigenvalue weighted by atomic mass is 10.1. The van der Waals surface area contributed by atoms with E-state index in [4.69, 9.17) is 5.73 Å². The van der Waals surface area contributed by atoms with Gasteiger partial charge in [0.25, 0.3) is 11.8 Å². The third kappa shape index (κ3) is 4.87. The molecule has 0 radical (unpaired) electrons. The van der Waals surface area contributed by atoms with Crippen LogP contribution in [0.25, 0.3) is 0 Å². The Bertz CT molecular complexity index is 609. The van der Waals surface area contributed by atoms with Gasteiger partial charge in [0.15, 0.2) is 0 Å². The maximum absolute atomic E-state index is 13.0. The van der Waals surface area contributed by atoms with Crippen molar-refractivity contribution < 1.29 is 23.2 Å². The van der Waals surface area contributed by atoms with Crippen molar-refractivity contribution in [3.8, 4) is 0 Å². The molecule has 2 rings (SSSR count). The number of hydrogen-bond donors (Lipinski definition) is 3. The third-order valence-corrected chi connectivity index (χ3v) is 3.30. The molecule has 1 fully saturated rings. The van der Waals surface area contributed by atoms with Crippen molar-refractivity contribution in [2.45, 2.75) is 12.5 Å². The Hall–Kier alpha value is -2.26. The number of benzene rings is 1. The van der Waals surface area contributed by atoms with Crippen molar-refractivity contribution in [3.05, 3.63) is 35.4 Å². The van der Waals surface area contributed by atoms with E-state index >= 15 is 0 Å². The zero-order valence-corrected chi connectivity index (χ0v) is 13.4. The van der Waals surface area contributed by atoms with Gasteiger partial charge in [0, 0.05) is 5.56 Å². The highest BCUT2D eigenvalue weighted by Gasteiger charge is 2.29. The van der Waals surface area contributed by atoms with Crippen LogP contribution in [0, 0.1) is 0 Å². The maximum Gasteiger partial charge on any atom is 0.324 e. The second-order valence-electron chi connectivity index (χ2n) is 5.08. The molecule has 4 N–H and O–H groups in total. The lowest BCUT2D eigenvalue weighted by Crippen LogP contribution is -2.41. The van der Waals surface area contributed by atoms with E-state index in [9.17, 15) is 23.2 Å². The summed E-state index contributed by atoms with van der Waals surface area (Å²) >= 11 is 0. The summed E-state index contributed by atoms with van der Waals surface area (Å²) in [7, 11) is 0. The summed E-state index contributed by atoms with van der Waals surface area (Å²) in [6.07, 6.45) is 0. The van der Waals surface area contributed by atoms with Gasteiger partial charge in [-0.3, -0.25) is 14.5 Å². The van der Waals surface area contributed by atoms with Crippen LogP contribution in [0.2, 0.25) is 0 Å². The third-order valence-electron chi connectivity index (χ3n) is 3.30. The van der Waals surface area contributed by atoms with E-state index in [1.165, 1.54) is 12.1 Å². The lowest BCUT2D eigenvalue weighted by Gasteiger charge is -2.15. The summed E-state index contributed by atoms with van der Waals surface area (Å²) in [6.45, 7) is -1.64. The number of alkyl halides is 2. The molecule has 0 spiro atoms. The van der Waals surface area contributed by atoms with Gasteiger partial charge >= 0.3 is 6.03 Å². The molecule has 0 atom stereocenters. The van der Waals surface area contributed by atoms with Gasteiger partial charge in [0.1, 0.15) is 0 Å². The molecule has 1 aliphatic rings. The molecule has 24 heavy (non-hydrogen) atoms. The molecule has 1 saturated heterocycles. The second-order valence-corrected chi connectivity index (χ2v) is 5.08. The quantitative estimate of drug-likeness (QED) is 0.640. The summed E-state index contributed by atoms with van der Waals surface area (Å²) < 4.78 is 26.0. The van der Waals surface area contributed by atoms with Crippen molar-refractivity contribution in [1.29, 1.82) is 0 Å². The Morgan fingerprint density at radius 3 is 2.42 bits per heavy atom. The minimum atomic E-state index is -3.15. The standard InChI is InChI=1S/C14H16F2N4O3.ClH/c15-14(16,7-17)8-19-12(22)10-3-1-9(2-4-10)6-20-11(21)5-18-13(20)23;/h1-4H,5-8,17H2,(H,18,23)(H,19,22);1H. The number of amides is 4. The van der Waals surface area contributed by atoms with Crippen LogP contribution < -0.4 is 16.4 Å². The monoisotopic (exact) mass is 362 g/mol. The van der Waals surface area contributed by atoms with E-state index in [-0.39, 0.29) is 37.0 Å². The molecule has 1 aliphatic heterocycles. The number of urea groups is 1. The van der Waals surface area contributed by atoms with Crippen molar-refractivity contribution >= 4 is 30.3 Å². The van der Waals surface area contributed by atoms with Crippen LogP contribution in [0.15, 0.2) is 24.3 Å². The fourth-order valence-electron chi connectivity index (χ4n) is 1.94. The molecule has 4 amide bonds. The molecular formula is C14H17ClF2N4O3. The number of nitrogens with zero attached hydrogens (tertiary/aromatic N) is 1. The predicted molar refractivity (Wildman–Crippen MR) is 84.0 cm³/mol. The van der Waals surface area contributed by atoms with Gasteiger partial charge in [0.2, 0.25) is 5.91 Å². The lowest BCUT2D eigenvalue weighted by molar-refractivity contribution is -0.125. The van der Waals surface area contributed by atoms with Crippen LogP contribution >= 0.6 is 12.4 Å². The van der Waals surface area contributed by atoms with Gasteiger partial charge in [-0.15, -0.1) is 12.4 Å². The summed E-state index contributed by atoms with van der Waals surface area (Å²) in [6, 6.07) is 5.50. The topological polar surface area (TPSA) is 105 Å². The van der Waals surface area contributed by atoms with E-state index in [2.05, 4.69) is 10.6 Å². The minimum absolute atomic E-state index is 0. The SMILES string of the molecule is Cl.NCC(F)(F)CNC(=O)c1ccc(CN2C(=O)CNC2=O)cc1. The Labute approximate surface area is 143 Å². The van der Waals surface area contributed by atoms with Crippen LogP contribution in [-0.4, -0.2) is 48.3 Å². The first-order valence-electron chi connectivity index (χ1n) is 6.85. The van der Waals surface area contributed by atoms with Crippen molar-refractivity contribution in [2.24, 2.45) is 5.73 Å². The molecule has 7 nitrogen and oxygen atoms in total. The first-order chi connectivity index (χ1) is 10.8. The number of rotatable bonds is 6. The Kier molecular flexibility index (Phi) is 6.61. The number of carbonyl (C=O) groups is 3. The molecule has 1 heterocycles. The highest BCUT2D eigenvalue weighted by Crippen LogP contribution is 2.12. The summed E-state index contributed by atoms with van der Waals surface area (Å²) in [5, 5.41) is 4.50. The van der Waals surface area contributed by atoms with E-state index in [1.54, 1.807) is 12.1 Å². The van der Waals surface area contributed by atoms with Crippen LogP contribution in [0.1, 0.15) is 15.9 Å². The number of halogens is 3. The number of hydrogen-bond acceptors (Lipinski definition) is 4. The minimum Gasteiger partial charge on any atom is -0.346 e. The molecule has 0 saturated carbocycles. The van der Waals surface area contributed by atoms with Crippen LogP contribution in [0.5, 0.6) is 0 Å². The van der Waals surface area contributed by atoms with Gasteiger partial charge in [0.05, 0.1) is 26.2 Å². The second kappa shape index (κ2) is 8.02. The Morgan fingerprint density at radius 2 is 1.92 bits per heavy atom. The largest absolute Gasteiger partial charge is 0.346 e. The number of imide groups is 1. The number of nitrogens with two attached hydrogens (primary N) is 1. The highest BCUT2D eigenvalue weighted by molar-refractivity contribution is 6.01. The summed E-state index contributed by atoms with van der Waals surface area (Å²) in [5.74, 6) is -4.14. The van der Waals surface area contributed by atoms with Gasteiger partial charge in [-0.2, -0.15) is 0 Å². The fourth-order valence-corrected chi connectivity index (χ4v) is 1.94. The van der Waals surface area contributed by atoms with Gasteiger partial charge < -0.3 is 16.4 Å². The smallest absolute Gasteiger partial charge is 0.324 e. The maximum atomic E-state index is 13.0. The molecule has 0 unspecified atom stereocenters. The molecular weight excluding hydrogens is 346 g/mol. The first-order valence-corrected chi connectivity index (χ1v) is 6.85. The Morgan fingerprint density at radius 1 is 1.29 bits per heavy atom. The normalized spacial score (nSPS) is 14.2. The van der Waals surface area contributed by atoms with Gasteiger partial charge in [-0.05, 0) is 17.7 Å².